The van der Waals surface area contributed by atoms with Gasteiger partial charge in [-0.2, -0.15) is 0 Å². The van der Waals surface area contributed by atoms with Gasteiger partial charge in [0.05, 0.1) is 18.4 Å². The van der Waals surface area contributed by atoms with Crippen molar-refractivity contribution in [1.29, 1.82) is 0 Å². The maximum absolute atomic E-state index is 12.5. The van der Waals surface area contributed by atoms with Crippen molar-refractivity contribution in [2.24, 2.45) is 0 Å². The molecule has 0 aliphatic heterocycles. The number of nitrogens with one attached hydrogen (secondary N) is 2. The van der Waals surface area contributed by atoms with E-state index in [4.69, 9.17) is 4.74 Å². The minimum Gasteiger partial charge on any atom is -0.497 e. The summed E-state index contributed by atoms with van der Waals surface area (Å²) in [5.41, 5.74) is 1.27. The summed E-state index contributed by atoms with van der Waals surface area (Å²) in [6.45, 7) is 1.33. The van der Waals surface area contributed by atoms with Crippen LogP contribution in [0.15, 0.2) is 48.5 Å². The van der Waals surface area contributed by atoms with Gasteiger partial charge >= 0.3 is 5.97 Å². The van der Waals surface area contributed by atoms with Crippen LogP contribution in [0.4, 0.5) is 5.69 Å². The lowest BCUT2D eigenvalue weighted by atomic mass is 10.0. The van der Waals surface area contributed by atoms with Crippen molar-refractivity contribution in [3.8, 4) is 5.75 Å². The Morgan fingerprint density at radius 3 is 2.31 bits per heavy atom. The molecule has 7 heteroatoms. The Morgan fingerprint density at radius 2 is 1.73 bits per heavy atom. The predicted octanol–water partition coefficient (Wildman–Crippen LogP) is 2.08. The quantitative estimate of drug-likeness (QED) is 0.704. The Labute approximate surface area is 151 Å². The Morgan fingerprint density at radius 1 is 1.08 bits per heavy atom. The summed E-state index contributed by atoms with van der Waals surface area (Å²) in [5.74, 6) is -1.38. The number of methoxy groups -OCH3 is 1. The number of amides is 2. The Kier molecular flexibility index (Phi) is 6.32. The molecule has 2 aromatic rings. The first-order valence-electron chi connectivity index (χ1n) is 7.94. The highest BCUT2D eigenvalue weighted by Gasteiger charge is 2.22. The maximum Gasteiger partial charge on any atom is 0.326 e. The first-order chi connectivity index (χ1) is 12.4. The molecule has 0 unspecified atom stereocenters. The van der Waals surface area contributed by atoms with Gasteiger partial charge in [-0.25, -0.2) is 4.79 Å². The summed E-state index contributed by atoms with van der Waals surface area (Å²) >= 11 is 0. The number of carbonyl (C=O) groups excluding carboxylic acids is 2. The molecule has 2 amide bonds. The van der Waals surface area contributed by atoms with E-state index in [1.54, 1.807) is 49.6 Å². The molecule has 0 saturated heterocycles. The second-order valence-electron chi connectivity index (χ2n) is 5.64. The highest BCUT2D eigenvalue weighted by molar-refractivity contribution is 6.04. The van der Waals surface area contributed by atoms with Crippen LogP contribution in [0.3, 0.4) is 0 Å². The van der Waals surface area contributed by atoms with Crippen LogP contribution in [0.5, 0.6) is 5.75 Å². The number of hydrogen-bond acceptors (Lipinski definition) is 4. The smallest absolute Gasteiger partial charge is 0.326 e. The summed E-state index contributed by atoms with van der Waals surface area (Å²) < 4.78 is 5.07. The van der Waals surface area contributed by atoms with Crippen LogP contribution in [-0.4, -0.2) is 36.0 Å². The summed E-state index contributed by atoms with van der Waals surface area (Å²) in [4.78, 5) is 35.3. The molecular formula is C19H20N2O5. The number of carbonyl (C=O) groups is 3. The summed E-state index contributed by atoms with van der Waals surface area (Å²) in [7, 11) is 1.54. The van der Waals surface area contributed by atoms with E-state index in [1.807, 2.05) is 0 Å². The first kappa shape index (κ1) is 19.0. The second-order valence-corrected chi connectivity index (χ2v) is 5.64. The number of anilines is 1. The number of carboxylic acid groups (broad SMARTS) is 1. The predicted molar refractivity (Wildman–Crippen MR) is 96.3 cm³/mol. The van der Waals surface area contributed by atoms with Crippen molar-refractivity contribution in [2.45, 2.75) is 19.4 Å². The molecule has 0 spiro atoms. The van der Waals surface area contributed by atoms with Crippen LogP contribution in [0.2, 0.25) is 0 Å². The largest absolute Gasteiger partial charge is 0.497 e. The molecule has 0 heterocycles. The van der Waals surface area contributed by atoms with E-state index in [2.05, 4.69) is 10.6 Å². The van der Waals surface area contributed by atoms with Gasteiger partial charge < -0.3 is 20.5 Å². The van der Waals surface area contributed by atoms with Crippen molar-refractivity contribution >= 4 is 23.5 Å². The first-order valence-corrected chi connectivity index (χ1v) is 7.94. The zero-order valence-electron chi connectivity index (χ0n) is 14.5. The van der Waals surface area contributed by atoms with E-state index >= 15 is 0 Å². The average Bonchev–Trinajstić information content (AvgIpc) is 2.61. The third kappa shape index (κ3) is 5.07. The van der Waals surface area contributed by atoms with Gasteiger partial charge in [0.15, 0.2) is 0 Å². The number of hydrogen-bond donors (Lipinski definition) is 3. The van der Waals surface area contributed by atoms with Gasteiger partial charge in [-0.1, -0.05) is 24.3 Å². The number of para-hydroxylation sites is 1. The fraction of sp³-hybridized carbons (Fsp3) is 0.211. The van der Waals surface area contributed by atoms with Crippen molar-refractivity contribution in [1.82, 2.24) is 5.32 Å². The summed E-state index contributed by atoms with van der Waals surface area (Å²) in [6, 6.07) is 12.2. The number of aliphatic carboxylic acids is 1. The van der Waals surface area contributed by atoms with Crippen LogP contribution in [-0.2, 0) is 16.0 Å². The van der Waals surface area contributed by atoms with E-state index in [-0.39, 0.29) is 17.9 Å². The third-order valence-electron chi connectivity index (χ3n) is 3.68. The Hall–Kier alpha value is -3.35. The molecule has 0 aliphatic rings. The molecule has 3 N–H and O–H groups in total. The van der Waals surface area contributed by atoms with E-state index in [0.717, 1.165) is 5.56 Å². The lowest BCUT2D eigenvalue weighted by Crippen LogP contribution is -2.42. The van der Waals surface area contributed by atoms with Crippen molar-refractivity contribution in [2.75, 3.05) is 12.4 Å². The van der Waals surface area contributed by atoms with Crippen molar-refractivity contribution < 1.29 is 24.2 Å². The van der Waals surface area contributed by atoms with Crippen molar-refractivity contribution in [3.05, 3.63) is 59.7 Å². The minimum absolute atomic E-state index is 0.118. The molecule has 2 rings (SSSR count). The van der Waals surface area contributed by atoms with E-state index in [1.165, 1.54) is 13.0 Å². The molecule has 0 fully saturated rings. The number of ether oxygens (including phenoxy) is 1. The molecule has 0 saturated carbocycles. The summed E-state index contributed by atoms with van der Waals surface area (Å²) in [6.07, 6.45) is 0.118. The SMILES string of the molecule is COc1ccc(C[C@H](NC(=O)c2ccccc2NC(C)=O)C(=O)O)cc1. The minimum atomic E-state index is -1.15. The van der Waals surface area contributed by atoms with Gasteiger partial charge in [-0.15, -0.1) is 0 Å². The van der Waals surface area contributed by atoms with Crippen molar-refractivity contribution in [3.63, 3.8) is 0 Å². The standard InChI is InChI=1S/C19H20N2O5/c1-12(22)20-16-6-4-3-5-15(16)18(23)21-17(19(24)25)11-13-7-9-14(26-2)10-8-13/h3-10,17H,11H2,1-2H3,(H,20,22)(H,21,23)(H,24,25)/t17-/m0/s1. The number of rotatable bonds is 7. The zero-order chi connectivity index (χ0) is 19.1. The van der Waals surface area contributed by atoms with Gasteiger partial charge in [0.25, 0.3) is 5.91 Å². The monoisotopic (exact) mass is 356 g/mol. The highest BCUT2D eigenvalue weighted by atomic mass is 16.5. The fourth-order valence-corrected chi connectivity index (χ4v) is 2.41. The van der Waals surface area contributed by atoms with Crippen LogP contribution in [0, 0.1) is 0 Å². The number of benzene rings is 2. The van der Waals surface area contributed by atoms with Gasteiger partial charge in [-0.3, -0.25) is 9.59 Å². The van der Waals surface area contributed by atoms with Crippen LogP contribution in [0.25, 0.3) is 0 Å². The molecule has 136 valence electrons. The number of carboxylic acids is 1. The van der Waals surface area contributed by atoms with Gasteiger partial charge in [0.2, 0.25) is 5.91 Å². The molecule has 0 aromatic heterocycles. The van der Waals surface area contributed by atoms with E-state index in [9.17, 15) is 19.5 Å². The zero-order valence-corrected chi connectivity index (χ0v) is 14.5. The molecule has 0 radical (unpaired) electrons. The summed E-state index contributed by atoms with van der Waals surface area (Å²) in [5, 5.41) is 14.5. The fourth-order valence-electron chi connectivity index (χ4n) is 2.41. The normalized spacial score (nSPS) is 11.3. The topological polar surface area (TPSA) is 105 Å². The van der Waals surface area contributed by atoms with Crippen LogP contribution >= 0.6 is 0 Å². The van der Waals surface area contributed by atoms with Gasteiger partial charge in [0.1, 0.15) is 11.8 Å². The van der Waals surface area contributed by atoms with Gasteiger partial charge in [-0.05, 0) is 29.8 Å². The highest BCUT2D eigenvalue weighted by Crippen LogP contribution is 2.16. The van der Waals surface area contributed by atoms with Crippen LogP contribution < -0.4 is 15.4 Å². The average molecular weight is 356 g/mol. The maximum atomic E-state index is 12.5. The van der Waals surface area contributed by atoms with Crippen LogP contribution in [0.1, 0.15) is 22.8 Å². The van der Waals surface area contributed by atoms with E-state index in [0.29, 0.717) is 11.4 Å². The molecule has 26 heavy (non-hydrogen) atoms. The van der Waals surface area contributed by atoms with E-state index < -0.39 is 17.9 Å². The molecule has 1 atom stereocenters. The Bertz CT molecular complexity index is 802. The lowest BCUT2D eigenvalue weighted by Gasteiger charge is -2.16. The molecular weight excluding hydrogens is 336 g/mol. The third-order valence-corrected chi connectivity index (χ3v) is 3.68. The Balaban J connectivity index is 2.15. The molecule has 0 aliphatic carbocycles. The second kappa shape index (κ2) is 8.66. The molecule has 2 aromatic carbocycles. The lowest BCUT2D eigenvalue weighted by molar-refractivity contribution is -0.139. The molecule has 7 nitrogen and oxygen atoms in total. The molecule has 0 bridgehead atoms. The van der Waals surface area contributed by atoms with Gasteiger partial charge in [0, 0.05) is 13.3 Å².